The predicted molar refractivity (Wildman–Crippen MR) is 98.1 cm³/mol. The van der Waals surface area contributed by atoms with Crippen molar-refractivity contribution in [2.24, 2.45) is 10.7 Å². The zero-order valence-electron chi connectivity index (χ0n) is 15.7. The van der Waals surface area contributed by atoms with Gasteiger partial charge in [0, 0.05) is 12.0 Å². The number of hydrogen-bond donors (Lipinski definition) is 1. The molecule has 0 unspecified atom stereocenters. The molecule has 2 aromatic rings. The minimum atomic E-state index is -3.08. The minimum Gasteiger partial charge on any atom is -0.474 e. The normalized spacial score (nSPS) is 18.9. The van der Waals surface area contributed by atoms with Gasteiger partial charge in [-0.1, -0.05) is 6.07 Å². The molecule has 3 rings (SSSR count). The Labute approximate surface area is 168 Å². The third kappa shape index (κ3) is 4.56. The number of alkyl halides is 3. The van der Waals surface area contributed by atoms with Crippen LogP contribution in [0.25, 0.3) is 0 Å². The molecule has 1 aromatic carbocycles. The molecular formula is C19H18F4N4O3. The highest BCUT2D eigenvalue weighted by Crippen LogP contribution is 2.37. The largest absolute Gasteiger partial charge is 0.474 e. The number of aliphatic imine (C=N–C) groups is 1. The van der Waals surface area contributed by atoms with Gasteiger partial charge < -0.3 is 15.2 Å². The second-order valence-electron chi connectivity index (χ2n) is 6.51. The highest BCUT2D eigenvalue weighted by Gasteiger charge is 2.46. The summed E-state index contributed by atoms with van der Waals surface area (Å²) >= 11 is 0. The van der Waals surface area contributed by atoms with Crippen LogP contribution < -0.4 is 10.5 Å². The average molecular weight is 426 g/mol. The quantitative estimate of drug-likeness (QED) is 0.513. The maximum atomic E-state index is 14.4. The number of aromatic nitrogens is 2. The Morgan fingerprint density at radius 2 is 2.10 bits per heavy atom. The van der Waals surface area contributed by atoms with Crippen LogP contribution >= 0.6 is 0 Å². The molecule has 0 saturated heterocycles. The SMILES string of the molecule is NC1=N[C@@](c2cc(CC(=O)c3cnc(OCCF)cn3)ccc2F)(C(F)F)COC1. The Morgan fingerprint density at radius 3 is 2.73 bits per heavy atom. The van der Waals surface area contributed by atoms with Gasteiger partial charge in [-0.05, 0) is 17.7 Å². The molecule has 2 heterocycles. The molecule has 7 nitrogen and oxygen atoms in total. The fourth-order valence-electron chi connectivity index (χ4n) is 2.97. The van der Waals surface area contributed by atoms with E-state index in [1.54, 1.807) is 0 Å². The van der Waals surface area contributed by atoms with Crippen LogP contribution in [0.5, 0.6) is 5.88 Å². The van der Waals surface area contributed by atoms with E-state index in [4.69, 9.17) is 15.2 Å². The van der Waals surface area contributed by atoms with Crippen molar-refractivity contribution >= 4 is 11.6 Å². The number of halogens is 4. The molecule has 2 N–H and O–H groups in total. The number of carbonyl (C=O) groups excluding carboxylic acids is 1. The summed E-state index contributed by atoms with van der Waals surface area (Å²) in [5.41, 5.74) is 3.10. The van der Waals surface area contributed by atoms with Crippen LogP contribution in [0.4, 0.5) is 17.6 Å². The van der Waals surface area contributed by atoms with Crippen LogP contribution in [-0.4, -0.2) is 54.5 Å². The molecule has 0 bridgehead atoms. The summed E-state index contributed by atoms with van der Waals surface area (Å²) in [6.07, 6.45) is -1.01. The zero-order chi connectivity index (χ0) is 21.7. The Kier molecular flexibility index (Phi) is 6.60. The van der Waals surface area contributed by atoms with E-state index in [0.717, 1.165) is 18.3 Å². The predicted octanol–water partition coefficient (Wildman–Crippen LogP) is 2.24. The summed E-state index contributed by atoms with van der Waals surface area (Å²) in [5.74, 6) is -1.51. The number of amidine groups is 1. The van der Waals surface area contributed by atoms with Crippen molar-refractivity contribution in [2.75, 3.05) is 26.5 Å². The van der Waals surface area contributed by atoms with Gasteiger partial charge in [-0.3, -0.25) is 9.79 Å². The Balaban J connectivity index is 1.84. The summed E-state index contributed by atoms with van der Waals surface area (Å²) in [5, 5.41) is 0. The van der Waals surface area contributed by atoms with Gasteiger partial charge >= 0.3 is 0 Å². The molecule has 1 atom stereocenters. The van der Waals surface area contributed by atoms with Crippen LogP contribution in [0.3, 0.4) is 0 Å². The van der Waals surface area contributed by atoms with E-state index in [1.165, 1.54) is 12.3 Å². The van der Waals surface area contributed by atoms with E-state index in [9.17, 15) is 22.4 Å². The maximum Gasteiger partial charge on any atom is 0.269 e. The topological polar surface area (TPSA) is 99.7 Å². The lowest BCUT2D eigenvalue weighted by atomic mass is 9.88. The van der Waals surface area contributed by atoms with Crippen LogP contribution in [0.15, 0.2) is 35.6 Å². The second-order valence-corrected chi connectivity index (χ2v) is 6.51. The minimum absolute atomic E-state index is 0.0136. The average Bonchev–Trinajstić information content (AvgIpc) is 2.73. The van der Waals surface area contributed by atoms with Crippen molar-refractivity contribution < 1.29 is 31.8 Å². The fraction of sp³-hybridized carbons (Fsp3) is 0.368. The van der Waals surface area contributed by atoms with Crippen molar-refractivity contribution in [1.82, 2.24) is 9.97 Å². The van der Waals surface area contributed by atoms with Crippen molar-refractivity contribution in [3.05, 3.63) is 53.2 Å². The lowest BCUT2D eigenvalue weighted by Crippen LogP contribution is -2.45. The third-order valence-corrected chi connectivity index (χ3v) is 4.38. The molecule has 1 aromatic heterocycles. The van der Waals surface area contributed by atoms with Gasteiger partial charge in [-0.25, -0.2) is 27.5 Å². The van der Waals surface area contributed by atoms with E-state index in [2.05, 4.69) is 15.0 Å². The van der Waals surface area contributed by atoms with Gasteiger partial charge in [0.05, 0.1) is 19.0 Å². The van der Waals surface area contributed by atoms with Gasteiger partial charge in [-0.15, -0.1) is 0 Å². The first-order valence-corrected chi connectivity index (χ1v) is 8.88. The lowest BCUT2D eigenvalue weighted by Gasteiger charge is -2.33. The molecule has 11 heteroatoms. The third-order valence-electron chi connectivity index (χ3n) is 4.38. The lowest BCUT2D eigenvalue weighted by molar-refractivity contribution is -0.0146. The van der Waals surface area contributed by atoms with Gasteiger partial charge in [-0.2, -0.15) is 0 Å². The summed E-state index contributed by atoms with van der Waals surface area (Å²) in [6, 6.07) is 3.44. The number of ether oxygens (including phenoxy) is 2. The monoisotopic (exact) mass is 426 g/mol. The Bertz CT molecular complexity index is 940. The maximum absolute atomic E-state index is 14.4. The number of nitrogens with zero attached hydrogens (tertiary/aromatic N) is 3. The van der Waals surface area contributed by atoms with E-state index in [-0.39, 0.29) is 42.6 Å². The molecular weight excluding hydrogens is 408 g/mol. The highest BCUT2D eigenvalue weighted by molar-refractivity contribution is 5.95. The van der Waals surface area contributed by atoms with Gasteiger partial charge in [0.1, 0.15) is 37.2 Å². The first-order chi connectivity index (χ1) is 14.4. The smallest absolute Gasteiger partial charge is 0.269 e. The Morgan fingerprint density at radius 1 is 1.30 bits per heavy atom. The Hall–Kier alpha value is -3.08. The molecule has 1 aliphatic heterocycles. The second kappa shape index (κ2) is 9.16. The van der Waals surface area contributed by atoms with Gasteiger partial charge in [0.15, 0.2) is 11.3 Å². The molecule has 0 spiro atoms. The number of Topliss-reactive ketones (excluding diaryl/α,β-unsaturated/α-hetero) is 1. The summed E-state index contributed by atoms with van der Waals surface area (Å²) in [6.45, 7) is -1.57. The summed E-state index contributed by atoms with van der Waals surface area (Å²) in [7, 11) is 0. The molecule has 0 amide bonds. The first kappa shape index (κ1) is 21.6. The fourth-order valence-corrected chi connectivity index (χ4v) is 2.97. The highest BCUT2D eigenvalue weighted by atomic mass is 19.3. The van der Waals surface area contributed by atoms with E-state index in [1.807, 2.05) is 0 Å². The molecule has 160 valence electrons. The number of ketones is 1. The number of benzene rings is 1. The molecule has 0 radical (unpaired) electrons. The van der Waals surface area contributed by atoms with Crippen molar-refractivity contribution in [1.29, 1.82) is 0 Å². The van der Waals surface area contributed by atoms with Crippen molar-refractivity contribution in [3.8, 4) is 5.88 Å². The van der Waals surface area contributed by atoms with Crippen LogP contribution in [-0.2, 0) is 16.7 Å². The molecule has 30 heavy (non-hydrogen) atoms. The van der Waals surface area contributed by atoms with Gasteiger partial charge in [0.25, 0.3) is 6.43 Å². The first-order valence-electron chi connectivity index (χ1n) is 8.88. The van der Waals surface area contributed by atoms with Gasteiger partial charge in [0.2, 0.25) is 5.88 Å². The molecule has 0 aliphatic carbocycles. The summed E-state index contributed by atoms with van der Waals surface area (Å²) in [4.78, 5) is 24.0. The van der Waals surface area contributed by atoms with E-state index < -0.39 is 42.4 Å². The van der Waals surface area contributed by atoms with E-state index in [0.29, 0.717) is 0 Å². The standard InChI is InChI=1S/C19H18F4N4O3/c20-3-4-30-17-8-25-14(7-26-17)15(28)6-11-1-2-13(21)12(5-11)19(18(22)23)10-29-9-16(24)27-19/h1-2,5,7-8,18H,3-4,6,9-10H2,(H2,24,27)/t19-/m0/s1. The number of carbonyl (C=O) groups is 1. The van der Waals surface area contributed by atoms with Crippen molar-refractivity contribution in [2.45, 2.75) is 18.4 Å². The van der Waals surface area contributed by atoms with Crippen LogP contribution in [0.2, 0.25) is 0 Å². The van der Waals surface area contributed by atoms with Crippen LogP contribution in [0, 0.1) is 5.82 Å². The van der Waals surface area contributed by atoms with E-state index >= 15 is 0 Å². The number of nitrogens with two attached hydrogens (primary N) is 1. The molecule has 0 fully saturated rings. The van der Waals surface area contributed by atoms with Crippen molar-refractivity contribution in [3.63, 3.8) is 0 Å². The number of hydrogen-bond acceptors (Lipinski definition) is 7. The zero-order valence-corrected chi connectivity index (χ0v) is 15.7. The van der Waals surface area contributed by atoms with Crippen LogP contribution in [0.1, 0.15) is 21.6 Å². The number of rotatable bonds is 8. The molecule has 1 aliphatic rings. The summed E-state index contributed by atoms with van der Waals surface area (Å²) < 4.78 is 64.3. The molecule has 0 saturated carbocycles.